The minimum Gasteiger partial charge on any atom is -0.457 e. The first kappa shape index (κ1) is 52.7. The maximum Gasteiger partial charge on any atom is 0.247 e. The molecule has 1 saturated heterocycles. The van der Waals surface area contributed by atoms with E-state index >= 15 is 4.39 Å². The SMILES string of the molecule is COC[C@@H]1NC(=O)[C@H](C)N(Cc2ccc(F)cc2Oc2ccc(-c3cnc(CN(C)C)n3C)cc2)C(=O)C[C@@H](Cc2ccccc2)C(=O)N(C)[C@@H](C)CNC(=O)C[C@H](Cc2ccc(Cl)cc2)N(C)C1=O. The van der Waals surface area contributed by atoms with Gasteiger partial charge in [0.1, 0.15) is 35.2 Å². The predicted octanol–water partition coefficient (Wildman–Crippen LogP) is 6.27. The first-order valence-corrected chi connectivity index (χ1v) is 23.7. The Balaban J connectivity index is 1.36. The van der Waals surface area contributed by atoms with Gasteiger partial charge in [0.15, 0.2) is 0 Å². The lowest BCUT2D eigenvalue weighted by molar-refractivity contribution is -0.147. The molecule has 2 heterocycles. The minimum absolute atomic E-state index is 0.0906. The van der Waals surface area contributed by atoms with E-state index in [0.717, 1.165) is 28.2 Å². The highest BCUT2D eigenvalue weighted by molar-refractivity contribution is 6.30. The molecule has 0 radical (unpaired) electrons. The Kier molecular flexibility index (Phi) is 18.3. The number of carbonyl (C=O) groups excluding carboxylic acids is 5. The Morgan fingerprint density at radius 1 is 0.829 bits per heavy atom. The second kappa shape index (κ2) is 24.3. The minimum atomic E-state index is -1.24. The van der Waals surface area contributed by atoms with Crippen molar-refractivity contribution in [2.24, 2.45) is 13.0 Å². The van der Waals surface area contributed by atoms with Crippen molar-refractivity contribution in [1.82, 2.24) is 39.8 Å². The van der Waals surface area contributed by atoms with Crippen LogP contribution in [-0.2, 0) is 61.7 Å². The molecule has 1 aliphatic heterocycles. The number of hydrogen-bond donors (Lipinski definition) is 2. The third kappa shape index (κ3) is 13.8. The summed E-state index contributed by atoms with van der Waals surface area (Å²) in [6.07, 6.45) is 1.88. The van der Waals surface area contributed by atoms with Gasteiger partial charge in [-0.2, -0.15) is 0 Å². The highest BCUT2D eigenvalue weighted by atomic mass is 35.5. The summed E-state index contributed by atoms with van der Waals surface area (Å²) in [6, 6.07) is 24.0. The summed E-state index contributed by atoms with van der Waals surface area (Å²) in [5.74, 6) is -2.53. The monoisotopic (exact) mass is 978 g/mol. The average molecular weight is 980 g/mol. The molecule has 4 aromatic carbocycles. The van der Waals surface area contributed by atoms with Gasteiger partial charge in [-0.25, -0.2) is 9.37 Å². The third-order valence-electron chi connectivity index (χ3n) is 12.8. The van der Waals surface area contributed by atoms with E-state index in [4.69, 9.17) is 21.1 Å². The van der Waals surface area contributed by atoms with Crippen molar-refractivity contribution in [3.63, 3.8) is 0 Å². The molecule has 0 saturated carbocycles. The maximum absolute atomic E-state index is 15.1. The van der Waals surface area contributed by atoms with Gasteiger partial charge < -0.3 is 44.3 Å². The Labute approximate surface area is 414 Å². The standard InChI is InChI=1S/C53H64ClFN8O7/c1-34-29-57-49(64)28-43(25-37-14-19-41(54)20-15-37)61(6)53(68)45(33-69-8)58-51(66)35(2)63(50(65)26-40(52(67)60(34)5)24-36-12-10-9-11-13-36)31-39-16-21-42(55)27-47(39)70-44-22-17-38(18-23-44)46-30-56-48(62(46)7)32-59(3)4/h9-23,27,30,34-35,40,43,45H,24-26,28-29,31-33H2,1-8H3,(H,57,64)(H,58,66)/t34-,35-,40+,43-,45-/m0/s1. The summed E-state index contributed by atoms with van der Waals surface area (Å²) in [5, 5.41) is 6.29. The van der Waals surface area contributed by atoms with Crippen LogP contribution in [0, 0.1) is 11.7 Å². The van der Waals surface area contributed by atoms with Gasteiger partial charge >= 0.3 is 0 Å². The van der Waals surface area contributed by atoms with Crippen LogP contribution in [0.25, 0.3) is 11.3 Å². The first-order chi connectivity index (χ1) is 33.4. The fraction of sp³-hybridized carbons (Fsp3) is 0.396. The van der Waals surface area contributed by atoms with E-state index < -0.39 is 53.6 Å². The van der Waals surface area contributed by atoms with Crippen LogP contribution in [0.5, 0.6) is 11.5 Å². The van der Waals surface area contributed by atoms with E-state index in [0.29, 0.717) is 22.9 Å². The van der Waals surface area contributed by atoms with Gasteiger partial charge in [0, 0.05) is 81.9 Å². The lowest BCUT2D eigenvalue weighted by atomic mass is 9.93. The van der Waals surface area contributed by atoms with Crippen molar-refractivity contribution < 1.29 is 37.8 Å². The molecule has 372 valence electrons. The average Bonchev–Trinajstić information content (AvgIpc) is 3.70. The number of halogens is 2. The summed E-state index contributed by atoms with van der Waals surface area (Å²) in [6.45, 7) is 3.64. The molecule has 0 spiro atoms. The normalized spacial score (nSPS) is 20.3. The van der Waals surface area contributed by atoms with Crippen molar-refractivity contribution in [2.75, 3.05) is 48.5 Å². The number of benzene rings is 4. The molecule has 5 aromatic rings. The van der Waals surface area contributed by atoms with Crippen LogP contribution < -0.4 is 15.4 Å². The zero-order valence-electron chi connectivity index (χ0n) is 41.2. The highest BCUT2D eigenvalue weighted by Gasteiger charge is 2.36. The Hall–Kier alpha value is -6.62. The van der Waals surface area contributed by atoms with E-state index in [1.54, 1.807) is 51.5 Å². The second-order valence-electron chi connectivity index (χ2n) is 18.3. The number of ether oxygens (including phenoxy) is 2. The Morgan fingerprint density at radius 2 is 1.51 bits per heavy atom. The number of likely N-dealkylation sites (N-methyl/N-ethyl adjacent to an activating group) is 2. The molecule has 0 aliphatic carbocycles. The molecule has 1 aliphatic rings. The van der Waals surface area contributed by atoms with E-state index in [1.807, 2.05) is 85.2 Å². The maximum atomic E-state index is 15.1. The Morgan fingerprint density at radius 3 is 2.19 bits per heavy atom. The number of carbonyl (C=O) groups is 5. The van der Waals surface area contributed by atoms with Gasteiger partial charge in [-0.15, -0.1) is 0 Å². The van der Waals surface area contributed by atoms with Gasteiger partial charge in [-0.3, -0.25) is 24.0 Å². The summed E-state index contributed by atoms with van der Waals surface area (Å²) in [5.41, 5.74) is 3.80. The molecule has 1 fully saturated rings. The molecule has 15 nitrogen and oxygen atoms in total. The first-order valence-electron chi connectivity index (χ1n) is 23.3. The van der Waals surface area contributed by atoms with E-state index in [9.17, 15) is 24.0 Å². The fourth-order valence-corrected chi connectivity index (χ4v) is 8.57. The van der Waals surface area contributed by atoms with E-state index in [2.05, 4.69) is 15.6 Å². The topological polar surface area (TPSA) is 159 Å². The molecule has 0 unspecified atom stereocenters. The molecule has 0 bridgehead atoms. The summed E-state index contributed by atoms with van der Waals surface area (Å²) in [7, 11) is 10.5. The number of nitrogens with one attached hydrogen (secondary N) is 2. The third-order valence-corrected chi connectivity index (χ3v) is 13.1. The predicted molar refractivity (Wildman–Crippen MR) is 266 cm³/mol. The number of nitrogens with zero attached hydrogens (tertiary/aromatic N) is 6. The number of rotatable bonds is 13. The van der Waals surface area contributed by atoms with Crippen molar-refractivity contribution >= 4 is 41.1 Å². The van der Waals surface area contributed by atoms with Crippen LogP contribution in [0.3, 0.4) is 0 Å². The lowest BCUT2D eigenvalue weighted by Crippen LogP contribution is -2.57. The van der Waals surface area contributed by atoms with Crippen molar-refractivity contribution in [1.29, 1.82) is 0 Å². The molecule has 6 rings (SSSR count). The molecule has 1 aromatic heterocycles. The van der Waals surface area contributed by atoms with E-state index in [1.165, 1.54) is 46.9 Å². The second-order valence-corrected chi connectivity index (χ2v) is 18.7. The van der Waals surface area contributed by atoms with Gasteiger partial charge in [-0.05, 0) is 94.4 Å². The summed E-state index contributed by atoms with van der Waals surface area (Å²) >= 11 is 6.18. The van der Waals surface area contributed by atoms with Crippen LogP contribution in [-0.4, -0.2) is 131 Å². The van der Waals surface area contributed by atoms with Crippen LogP contribution in [0.4, 0.5) is 4.39 Å². The molecule has 5 atom stereocenters. The van der Waals surface area contributed by atoms with Gasteiger partial charge in [0.2, 0.25) is 29.5 Å². The largest absolute Gasteiger partial charge is 0.457 e. The zero-order chi connectivity index (χ0) is 50.6. The van der Waals surface area contributed by atoms with Crippen molar-refractivity contribution in [2.45, 2.75) is 76.8 Å². The lowest BCUT2D eigenvalue weighted by Gasteiger charge is -2.35. The zero-order valence-corrected chi connectivity index (χ0v) is 41.9. The molecule has 70 heavy (non-hydrogen) atoms. The van der Waals surface area contributed by atoms with Gasteiger partial charge in [0.25, 0.3) is 0 Å². The molecule has 17 heteroatoms. The summed E-state index contributed by atoms with van der Waals surface area (Å²) < 4.78 is 28.9. The fourth-order valence-electron chi connectivity index (χ4n) is 8.45. The van der Waals surface area contributed by atoms with Crippen LogP contribution in [0.1, 0.15) is 49.2 Å². The van der Waals surface area contributed by atoms with E-state index in [-0.39, 0.29) is 62.9 Å². The van der Waals surface area contributed by atoms with Crippen LogP contribution in [0.15, 0.2) is 103 Å². The summed E-state index contributed by atoms with van der Waals surface area (Å²) in [4.78, 5) is 83.1. The highest BCUT2D eigenvalue weighted by Crippen LogP contribution is 2.31. The molecular weight excluding hydrogens is 915 g/mol. The van der Waals surface area contributed by atoms with Crippen LogP contribution >= 0.6 is 11.6 Å². The van der Waals surface area contributed by atoms with Crippen LogP contribution in [0.2, 0.25) is 5.02 Å². The smallest absolute Gasteiger partial charge is 0.247 e. The number of amides is 5. The van der Waals surface area contributed by atoms with Gasteiger partial charge in [-0.1, -0.05) is 60.1 Å². The number of imidazole rings is 1. The number of hydrogen-bond acceptors (Lipinski definition) is 9. The number of aromatic nitrogens is 2. The van der Waals surface area contributed by atoms with Crippen molar-refractivity contribution in [3.05, 3.63) is 137 Å². The Bertz CT molecular complexity index is 2590. The quantitative estimate of drug-likeness (QED) is 0.139. The van der Waals surface area contributed by atoms with Gasteiger partial charge in [0.05, 0.1) is 37.5 Å². The number of methoxy groups -OCH3 is 1. The molecular formula is C53H64ClFN8O7. The molecule has 5 amide bonds. The van der Waals surface area contributed by atoms with Crippen molar-refractivity contribution in [3.8, 4) is 22.8 Å². The molecule has 2 N–H and O–H groups in total.